The zero-order valence-electron chi connectivity index (χ0n) is 13.1. The number of ether oxygens (including phenoxy) is 1. The van der Waals surface area contributed by atoms with Crippen molar-refractivity contribution in [1.82, 2.24) is 5.32 Å². The molecular weight excluding hydrogens is 278 g/mol. The summed E-state index contributed by atoms with van der Waals surface area (Å²) >= 11 is 0. The Labute approximate surface area is 131 Å². The van der Waals surface area contributed by atoms with Crippen molar-refractivity contribution in [3.8, 4) is 5.75 Å². The molecule has 0 amide bonds. The molecule has 0 fully saturated rings. The predicted octanol–water partition coefficient (Wildman–Crippen LogP) is 2.76. The first-order chi connectivity index (χ1) is 10.6. The van der Waals surface area contributed by atoms with E-state index in [0.717, 1.165) is 13.0 Å². The highest BCUT2D eigenvalue weighted by atomic mass is 16.5. The van der Waals surface area contributed by atoms with Crippen LogP contribution in [0, 0.1) is 5.92 Å². The lowest BCUT2D eigenvalue weighted by Gasteiger charge is -2.25. The van der Waals surface area contributed by atoms with Crippen LogP contribution >= 0.6 is 0 Å². The largest absolute Gasteiger partial charge is 0.508 e. The summed E-state index contributed by atoms with van der Waals surface area (Å²) in [5.41, 5.74) is 2.42. The van der Waals surface area contributed by atoms with Crippen molar-refractivity contribution in [2.24, 2.45) is 5.92 Å². The molecule has 4 heteroatoms. The summed E-state index contributed by atoms with van der Waals surface area (Å²) in [6.45, 7) is 0.747. The molecular formula is C18H23NO3. The summed E-state index contributed by atoms with van der Waals surface area (Å²) in [4.78, 5) is 11.6. The fourth-order valence-electron chi connectivity index (χ4n) is 2.82. The van der Waals surface area contributed by atoms with Crippen LogP contribution in [0.15, 0.2) is 48.1 Å². The smallest absolute Gasteiger partial charge is 0.306 e. The lowest BCUT2D eigenvalue weighted by Crippen LogP contribution is -2.25. The molecule has 0 bridgehead atoms. The van der Waals surface area contributed by atoms with E-state index in [2.05, 4.69) is 23.5 Å². The molecule has 118 valence electrons. The molecule has 1 aromatic carbocycles. The number of aromatic hydroxyl groups is 1. The Kier molecular flexibility index (Phi) is 5.78. The van der Waals surface area contributed by atoms with Crippen LogP contribution in [0.25, 0.3) is 0 Å². The van der Waals surface area contributed by atoms with E-state index < -0.39 is 0 Å². The lowest BCUT2D eigenvalue weighted by atomic mass is 9.82. The van der Waals surface area contributed by atoms with E-state index in [9.17, 15) is 9.90 Å². The zero-order chi connectivity index (χ0) is 15.9. The van der Waals surface area contributed by atoms with Gasteiger partial charge in [0.15, 0.2) is 0 Å². The number of esters is 1. The lowest BCUT2D eigenvalue weighted by molar-refractivity contribution is -0.141. The van der Waals surface area contributed by atoms with E-state index in [0.29, 0.717) is 6.42 Å². The molecule has 2 N–H and O–H groups in total. The fraction of sp³-hybridized carbons (Fsp3) is 0.389. The van der Waals surface area contributed by atoms with Gasteiger partial charge >= 0.3 is 5.97 Å². The molecule has 0 spiro atoms. The van der Waals surface area contributed by atoms with E-state index >= 15 is 0 Å². The first kappa shape index (κ1) is 16.3. The van der Waals surface area contributed by atoms with Gasteiger partial charge in [-0.15, -0.1) is 0 Å². The van der Waals surface area contributed by atoms with Crippen molar-refractivity contribution < 1.29 is 14.6 Å². The maximum absolute atomic E-state index is 11.6. The van der Waals surface area contributed by atoms with Crippen molar-refractivity contribution in [2.45, 2.75) is 18.8 Å². The van der Waals surface area contributed by atoms with Gasteiger partial charge in [-0.1, -0.05) is 35.9 Å². The monoisotopic (exact) mass is 301 g/mol. The molecule has 0 radical (unpaired) electrons. The van der Waals surface area contributed by atoms with Crippen LogP contribution in [-0.2, 0) is 9.53 Å². The highest BCUT2D eigenvalue weighted by Gasteiger charge is 2.22. The normalized spacial score (nSPS) is 18.6. The molecule has 22 heavy (non-hydrogen) atoms. The Morgan fingerprint density at radius 2 is 2.14 bits per heavy atom. The SMILES string of the molecule is CNC[C@@H](CC(=O)OC)C1=CC=CC(c2ccc(O)cc2)C1. The molecule has 0 heterocycles. The number of rotatable bonds is 6. The first-order valence-corrected chi connectivity index (χ1v) is 7.51. The van der Waals surface area contributed by atoms with E-state index in [1.165, 1.54) is 18.2 Å². The minimum Gasteiger partial charge on any atom is -0.508 e. The van der Waals surface area contributed by atoms with Crippen molar-refractivity contribution in [3.05, 3.63) is 53.6 Å². The van der Waals surface area contributed by atoms with E-state index in [1.54, 1.807) is 12.1 Å². The van der Waals surface area contributed by atoms with Crippen LogP contribution in [-0.4, -0.2) is 31.8 Å². The summed E-state index contributed by atoms with van der Waals surface area (Å²) in [5.74, 6) is 0.509. The highest BCUT2D eigenvalue weighted by Crippen LogP contribution is 2.33. The Hall–Kier alpha value is -2.07. The van der Waals surface area contributed by atoms with Crippen molar-refractivity contribution in [3.63, 3.8) is 0 Å². The van der Waals surface area contributed by atoms with Crippen LogP contribution in [0.5, 0.6) is 5.75 Å². The second-order valence-corrected chi connectivity index (χ2v) is 5.56. The van der Waals surface area contributed by atoms with Crippen LogP contribution in [0.2, 0.25) is 0 Å². The number of hydrogen-bond acceptors (Lipinski definition) is 4. The molecule has 0 saturated carbocycles. The Morgan fingerprint density at radius 3 is 2.77 bits per heavy atom. The molecule has 1 aliphatic rings. The van der Waals surface area contributed by atoms with Crippen LogP contribution in [0.1, 0.15) is 24.3 Å². The van der Waals surface area contributed by atoms with Gasteiger partial charge in [0, 0.05) is 18.4 Å². The van der Waals surface area contributed by atoms with Gasteiger partial charge in [0.2, 0.25) is 0 Å². The molecule has 0 aliphatic heterocycles. The van der Waals surface area contributed by atoms with Crippen LogP contribution in [0.3, 0.4) is 0 Å². The Morgan fingerprint density at radius 1 is 1.41 bits per heavy atom. The predicted molar refractivity (Wildman–Crippen MR) is 86.7 cm³/mol. The minimum atomic E-state index is -0.183. The molecule has 4 nitrogen and oxygen atoms in total. The van der Waals surface area contributed by atoms with Gasteiger partial charge in [0.1, 0.15) is 5.75 Å². The number of methoxy groups -OCH3 is 1. The summed E-state index contributed by atoms with van der Waals surface area (Å²) in [6, 6.07) is 7.31. The van der Waals surface area contributed by atoms with Gasteiger partial charge in [-0.3, -0.25) is 4.79 Å². The quantitative estimate of drug-likeness (QED) is 0.793. The number of phenolic OH excluding ortho intramolecular Hbond substituents is 1. The van der Waals surface area contributed by atoms with Gasteiger partial charge < -0.3 is 15.2 Å². The molecule has 1 aromatic rings. The molecule has 1 unspecified atom stereocenters. The van der Waals surface area contributed by atoms with Crippen molar-refractivity contribution in [2.75, 3.05) is 20.7 Å². The number of allylic oxidation sites excluding steroid dienone is 3. The van der Waals surface area contributed by atoms with Gasteiger partial charge in [0.25, 0.3) is 0 Å². The molecule has 2 rings (SSSR count). The average molecular weight is 301 g/mol. The maximum atomic E-state index is 11.6. The number of benzene rings is 1. The standard InChI is InChI=1S/C18H23NO3/c1-19-12-16(11-18(21)22-2)15-5-3-4-14(10-15)13-6-8-17(20)9-7-13/h3-9,14,16,19-20H,10-12H2,1-2H3/t14?,16-/m1/s1. The third-order valence-electron chi connectivity index (χ3n) is 4.05. The molecule has 0 aromatic heterocycles. The number of carbonyl (C=O) groups is 1. The van der Waals surface area contributed by atoms with Gasteiger partial charge in [0.05, 0.1) is 13.5 Å². The summed E-state index contributed by atoms with van der Waals surface area (Å²) in [5, 5.41) is 12.6. The summed E-state index contributed by atoms with van der Waals surface area (Å²) < 4.78 is 4.80. The maximum Gasteiger partial charge on any atom is 0.306 e. The average Bonchev–Trinajstić information content (AvgIpc) is 2.55. The third-order valence-corrected chi connectivity index (χ3v) is 4.05. The van der Waals surface area contributed by atoms with Gasteiger partial charge in [-0.25, -0.2) is 0 Å². The van der Waals surface area contributed by atoms with Crippen LogP contribution in [0.4, 0.5) is 0 Å². The molecule has 2 atom stereocenters. The van der Waals surface area contributed by atoms with E-state index in [1.807, 2.05) is 19.2 Å². The van der Waals surface area contributed by atoms with Crippen molar-refractivity contribution in [1.29, 1.82) is 0 Å². The van der Waals surface area contributed by atoms with E-state index in [4.69, 9.17) is 4.74 Å². The molecule has 1 aliphatic carbocycles. The van der Waals surface area contributed by atoms with Crippen LogP contribution < -0.4 is 5.32 Å². The second kappa shape index (κ2) is 7.80. The third kappa shape index (κ3) is 4.21. The topological polar surface area (TPSA) is 58.6 Å². The summed E-state index contributed by atoms with van der Waals surface area (Å²) in [6.07, 6.45) is 7.58. The Balaban J connectivity index is 2.10. The summed E-state index contributed by atoms with van der Waals surface area (Å²) in [7, 11) is 3.31. The minimum absolute atomic E-state index is 0.141. The van der Waals surface area contributed by atoms with Gasteiger partial charge in [-0.05, 0) is 31.2 Å². The van der Waals surface area contributed by atoms with E-state index in [-0.39, 0.29) is 23.6 Å². The highest BCUT2D eigenvalue weighted by molar-refractivity contribution is 5.70. The number of phenols is 1. The number of carbonyl (C=O) groups excluding carboxylic acids is 1. The first-order valence-electron chi connectivity index (χ1n) is 7.51. The van der Waals surface area contributed by atoms with Crippen molar-refractivity contribution >= 4 is 5.97 Å². The zero-order valence-corrected chi connectivity index (χ0v) is 13.1. The van der Waals surface area contributed by atoms with Gasteiger partial charge in [-0.2, -0.15) is 0 Å². The number of hydrogen-bond donors (Lipinski definition) is 2. The fourth-order valence-corrected chi connectivity index (χ4v) is 2.82. The number of nitrogens with one attached hydrogen (secondary N) is 1. The molecule has 0 saturated heterocycles. The second-order valence-electron chi connectivity index (χ2n) is 5.56. The Bertz CT molecular complexity index is 560.